The molecule has 0 aliphatic carbocycles. The van der Waals surface area contributed by atoms with Gasteiger partial charge in [-0.15, -0.1) is 23.5 Å². The number of rotatable bonds is 10. The highest BCUT2D eigenvalue weighted by Crippen LogP contribution is 2.32. The number of carbonyl (C=O) groups is 2. The summed E-state index contributed by atoms with van der Waals surface area (Å²) in [4.78, 5) is 21.7. The third-order valence-electron chi connectivity index (χ3n) is 4.14. The number of aldehydes is 2. The predicted molar refractivity (Wildman–Crippen MR) is 105 cm³/mol. The molecule has 1 aromatic rings. The van der Waals surface area contributed by atoms with E-state index in [4.69, 9.17) is 11.5 Å². The van der Waals surface area contributed by atoms with Crippen LogP contribution in [-0.4, -0.2) is 34.2 Å². The first-order valence-corrected chi connectivity index (χ1v) is 9.87. The van der Waals surface area contributed by atoms with Gasteiger partial charge in [0.1, 0.15) is 12.6 Å². The Morgan fingerprint density at radius 1 is 0.833 bits per heavy atom. The van der Waals surface area contributed by atoms with Crippen LogP contribution in [-0.2, 0) is 21.1 Å². The van der Waals surface area contributed by atoms with Crippen molar-refractivity contribution in [3.8, 4) is 0 Å². The largest absolute Gasteiger partial charge is 0.321 e. The lowest BCUT2D eigenvalue weighted by Crippen LogP contribution is -2.41. The summed E-state index contributed by atoms with van der Waals surface area (Å²) in [5, 5.41) is 0. The van der Waals surface area contributed by atoms with Gasteiger partial charge in [0, 0.05) is 21.0 Å². The molecule has 4 N–H and O–H groups in total. The van der Waals surface area contributed by atoms with E-state index in [1.54, 1.807) is 23.5 Å². The molecule has 1 rings (SSSR count). The number of hydrogen-bond donors (Lipinski definition) is 2. The molecule has 0 saturated heterocycles. The van der Waals surface area contributed by atoms with E-state index in [1.165, 1.54) is 11.1 Å². The predicted octanol–water partition coefficient (Wildman–Crippen LogP) is 2.76. The molecule has 0 saturated carbocycles. The molecule has 0 aliphatic heterocycles. The number of carbonyl (C=O) groups excluding carboxylic acids is 2. The van der Waals surface area contributed by atoms with Gasteiger partial charge in [-0.05, 0) is 38.8 Å². The maximum atomic E-state index is 10.9. The second-order valence-corrected chi connectivity index (χ2v) is 10.2. The average molecular weight is 369 g/mol. The summed E-state index contributed by atoms with van der Waals surface area (Å²) >= 11 is 3.36. The molecule has 24 heavy (non-hydrogen) atoms. The first-order valence-electron chi connectivity index (χ1n) is 7.90. The lowest BCUT2D eigenvalue weighted by atomic mass is 10.1. The number of thioether (sulfide) groups is 2. The maximum Gasteiger partial charge on any atom is 0.138 e. The second-order valence-electron chi connectivity index (χ2n) is 6.92. The molecular weight excluding hydrogens is 340 g/mol. The van der Waals surface area contributed by atoms with E-state index in [9.17, 15) is 9.59 Å². The van der Waals surface area contributed by atoms with Gasteiger partial charge >= 0.3 is 0 Å². The Kier molecular flexibility index (Phi) is 7.99. The van der Waals surface area contributed by atoms with Crippen molar-refractivity contribution in [2.24, 2.45) is 11.5 Å². The van der Waals surface area contributed by atoms with Crippen molar-refractivity contribution in [3.05, 3.63) is 35.4 Å². The van der Waals surface area contributed by atoms with Crippen molar-refractivity contribution < 1.29 is 9.59 Å². The van der Waals surface area contributed by atoms with Crippen LogP contribution in [0, 0.1) is 0 Å². The van der Waals surface area contributed by atoms with Crippen molar-refractivity contribution in [1.29, 1.82) is 0 Å². The molecule has 0 bridgehead atoms. The van der Waals surface area contributed by atoms with Crippen LogP contribution in [0.2, 0.25) is 0 Å². The first kappa shape index (κ1) is 21.2. The zero-order chi connectivity index (χ0) is 18.4. The highest BCUT2D eigenvalue weighted by Gasteiger charge is 2.27. The van der Waals surface area contributed by atoms with Crippen molar-refractivity contribution >= 4 is 36.1 Å². The Hall–Kier alpha value is -0.820. The van der Waals surface area contributed by atoms with Crippen LogP contribution in [0.4, 0.5) is 0 Å². The molecular formula is C18H28N2O2S2. The molecule has 2 unspecified atom stereocenters. The zero-order valence-electron chi connectivity index (χ0n) is 14.8. The first-order chi connectivity index (χ1) is 11.1. The normalized spacial score (nSPS) is 14.9. The average Bonchev–Trinajstić information content (AvgIpc) is 2.57. The molecule has 0 heterocycles. The van der Waals surface area contributed by atoms with Gasteiger partial charge in [-0.3, -0.25) is 0 Å². The minimum Gasteiger partial charge on any atom is -0.321 e. The summed E-state index contributed by atoms with van der Waals surface area (Å²) in [5.41, 5.74) is 14.1. The number of hydrogen-bond acceptors (Lipinski definition) is 6. The van der Waals surface area contributed by atoms with Gasteiger partial charge in [0.05, 0.1) is 12.1 Å². The molecule has 6 heteroatoms. The number of benzene rings is 1. The van der Waals surface area contributed by atoms with Crippen LogP contribution in [0.3, 0.4) is 0 Å². The Balaban J connectivity index is 2.57. The topological polar surface area (TPSA) is 86.2 Å². The van der Waals surface area contributed by atoms with Gasteiger partial charge in [0.2, 0.25) is 0 Å². The Labute approximate surface area is 153 Å². The van der Waals surface area contributed by atoms with E-state index in [-0.39, 0.29) is 9.49 Å². The molecule has 4 nitrogen and oxygen atoms in total. The van der Waals surface area contributed by atoms with Crippen LogP contribution in [0.15, 0.2) is 24.3 Å². The molecule has 2 atom stereocenters. The van der Waals surface area contributed by atoms with Crippen molar-refractivity contribution in [3.63, 3.8) is 0 Å². The summed E-state index contributed by atoms with van der Waals surface area (Å²) in [6, 6.07) is 7.44. The van der Waals surface area contributed by atoms with Gasteiger partial charge in [0.25, 0.3) is 0 Å². The van der Waals surface area contributed by atoms with E-state index in [0.717, 1.165) is 24.1 Å². The maximum absolute atomic E-state index is 10.9. The SMILES string of the molecule is CC(C)(SCc1ccc(CSC(C)(C)C(N)C=O)cc1)C(N)C=O. The van der Waals surface area contributed by atoms with Gasteiger partial charge in [-0.2, -0.15) is 0 Å². The fraction of sp³-hybridized carbons (Fsp3) is 0.556. The van der Waals surface area contributed by atoms with Crippen LogP contribution < -0.4 is 11.5 Å². The minimum absolute atomic E-state index is 0.286. The third kappa shape index (κ3) is 6.24. The number of nitrogens with two attached hydrogens (primary N) is 2. The van der Waals surface area contributed by atoms with E-state index in [1.807, 2.05) is 27.7 Å². The van der Waals surface area contributed by atoms with E-state index in [0.29, 0.717) is 0 Å². The summed E-state index contributed by atoms with van der Waals surface area (Å²) in [6.07, 6.45) is 1.61. The molecule has 0 aliphatic rings. The molecule has 1 aromatic carbocycles. The highest BCUT2D eigenvalue weighted by molar-refractivity contribution is 8.00. The summed E-state index contributed by atoms with van der Waals surface area (Å²) in [6.45, 7) is 7.94. The molecule has 134 valence electrons. The van der Waals surface area contributed by atoms with E-state index in [2.05, 4.69) is 24.3 Å². The second kappa shape index (κ2) is 9.04. The Bertz CT molecular complexity index is 495. The summed E-state index contributed by atoms with van der Waals surface area (Å²) < 4.78 is -0.573. The van der Waals surface area contributed by atoms with Crippen molar-refractivity contribution in [2.75, 3.05) is 0 Å². The quantitative estimate of drug-likeness (QED) is 0.618. The third-order valence-corrected chi connectivity index (χ3v) is 7.13. The van der Waals surface area contributed by atoms with Crippen molar-refractivity contribution in [2.45, 2.75) is 60.8 Å². The molecule has 0 fully saturated rings. The van der Waals surface area contributed by atoms with Gasteiger partial charge in [-0.1, -0.05) is 24.3 Å². The van der Waals surface area contributed by atoms with Crippen LogP contribution in [0.25, 0.3) is 0 Å². The zero-order valence-corrected chi connectivity index (χ0v) is 16.5. The van der Waals surface area contributed by atoms with Gasteiger partial charge < -0.3 is 21.1 Å². The summed E-state index contributed by atoms with van der Waals surface area (Å²) in [7, 11) is 0. The Morgan fingerprint density at radius 2 is 1.12 bits per heavy atom. The fourth-order valence-corrected chi connectivity index (χ4v) is 3.75. The van der Waals surface area contributed by atoms with E-state index >= 15 is 0 Å². The van der Waals surface area contributed by atoms with Crippen LogP contribution in [0.5, 0.6) is 0 Å². The van der Waals surface area contributed by atoms with Gasteiger partial charge in [0.15, 0.2) is 0 Å². The fourth-order valence-electron chi connectivity index (χ4n) is 1.79. The van der Waals surface area contributed by atoms with Crippen molar-refractivity contribution in [1.82, 2.24) is 0 Å². The molecule has 0 aromatic heterocycles. The molecule has 0 radical (unpaired) electrons. The molecule has 0 spiro atoms. The van der Waals surface area contributed by atoms with Crippen LogP contribution in [0.1, 0.15) is 38.8 Å². The molecule has 0 amide bonds. The smallest absolute Gasteiger partial charge is 0.138 e. The van der Waals surface area contributed by atoms with Crippen LogP contribution >= 0.6 is 23.5 Å². The lowest BCUT2D eigenvalue weighted by molar-refractivity contribution is -0.110. The highest BCUT2D eigenvalue weighted by atomic mass is 32.2. The minimum atomic E-state index is -0.470. The lowest BCUT2D eigenvalue weighted by Gasteiger charge is -2.27. The van der Waals surface area contributed by atoms with E-state index < -0.39 is 12.1 Å². The monoisotopic (exact) mass is 368 g/mol. The summed E-state index contributed by atoms with van der Waals surface area (Å²) in [5.74, 6) is 1.62. The standard InChI is InChI=1S/C18H28N2O2S2/c1-17(2,15(19)9-21)23-11-13-5-7-14(8-6-13)12-24-18(3,4)16(20)10-22/h5-10,15-16H,11-12,19-20H2,1-4H3. The Morgan fingerprint density at radius 3 is 1.38 bits per heavy atom. The van der Waals surface area contributed by atoms with Gasteiger partial charge in [-0.25, -0.2) is 0 Å².